The number of likely N-dealkylation sites (N-methyl/N-ethyl adjacent to an activating group) is 1. The second-order valence-corrected chi connectivity index (χ2v) is 1.65. The van der Waals surface area contributed by atoms with Crippen LogP contribution in [0.4, 0.5) is 4.79 Å². The van der Waals surface area contributed by atoms with E-state index in [-0.39, 0.29) is 18.4 Å². The third kappa shape index (κ3) is 1.26. The molecule has 4 heteroatoms. The average Bonchev–Trinajstić information content (AvgIpc) is 1.91. The SMILES string of the molecule is CN1CCNC1=O.Cl. The summed E-state index contributed by atoms with van der Waals surface area (Å²) in [6.45, 7) is 1.65. The molecular formula is C4H9ClN2O. The summed E-state index contributed by atoms with van der Waals surface area (Å²) in [7, 11) is 1.78. The van der Waals surface area contributed by atoms with Crippen LogP contribution in [-0.2, 0) is 0 Å². The van der Waals surface area contributed by atoms with Gasteiger partial charge in [-0.25, -0.2) is 4.79 Å². The topological polar surface area (TPSA) is 32.3 Å². The molecule has 1 fully saturated rings. The molecule has 1 aliphatic rings. The molecule has 0 radical (unpaired) electrons. The minimum atomic E-state index is 0. The van der Waals surface area contributed by atoms with Gasteiger partial charge in [-0.3, -0.25) is 0 Å². The largest absolute Gasteiger partial charge is 0.336 e. The Morgan fingerprint density at radius 3 is 2.50 bits per heavy atom. The van der Waals surface area contributed by atoms with Gasteiger partial charge in [0.25, 0.3) is 0 Å². The number of carbonyl (C=O) groups is 1. The van der Waals surface area contributed by atoms with E-state index in [2.05, 4.69) is 5.32 Å². The molecule has 0 saturated carbocycles. The highest BCUT2D eigenvalue weighted by atomic mass is 35.5. The number of urea groups is 1. The number of hydrogen-bond acceptors (Lipinski definition) is 1. The first-order valence-electron chi connectivity index (χ1n) is 2.29. The van der Waals surface area contributed by atoms with E-state index in [0.29, 0.717) is 0 Å². The second-order valence-electron chi connectivity index (χ2n) is 1.65. The van der Waals surface area contributed by atoms with Gasteiger partial charge in [0.2, 0.25) is 0 Å². The van der Waals surface area contributed by atoms with E-state index < -0.39 is 0 Å². The molecule has 0 aromatic rings. The Labute approximate surface area is 54.5 Å². The summed E-state index contributed by atoms with van der Waals surface area (Å²) < 4.78 is 0. The van der Waals surface area contributed by atoms with Crippen LogP contribution in [0.15, 0.2) is 0 Å². The Hall–Kier alpha value is -0.440. The number of amides is 2. The molecule has 1 heterocycles. The van der Waals surface area contributed by atoms with Crippen LogP contribution in [0.3, 0.4) is 0 Å². The third-order valence-electron chi connectivity index (χ3n) is 1.07. The number of rotatable bonds is 0. The van der Waals surface area contributed by atoms with Gasteiger partial charge in [0.1, 0.15) is 0 Å². The fourth-order valence-electron chi connectivity index (χ4n) is 0.567. The van der Waals surface area contributed by atoms with E-state index in [1.807, 2.05) is 0 Å². The molecule has 0 bridgehead atoms. The maximum absolute atomic E-state index is 10.4. The van der Waals surface area contributed by atoms with Crippen LogP contribution in [0, 0.1) is 0 Å². The van der Waals surface area contributed by atoms with Crippen molar-refractivity contribution in [2.75, 3.05) is 20.1 Å². The van der Waals surface area contributed by atoms with E-state index in [1.165, 1.54) is 0 Å². The summed E-state index contributed by atoms with van der Waals surface area (Å²) in [6, 6.07) is 0.0417. The summed E-state index contributed by atoms with van der Waals surface area (Å²) in [6.07, 6.45) is 0. The normalized spacial score (nSPS) is 17.6. The van der Waals surface area contributed by atoms with Crippen LogP contribution in [0.25, 0.3) is 0 Å². The van der Waals surface area contributed by atoms with Gasteiger partial charge in [0.15, 0.2) is 0 Å². The summed E-state index contributed by atoms with van der Waals surface area (Å²) in [5.41, 5.74) is 0. The highest BCUT2D eigenvalue weighted by Gasteiger charge is 2.12. The van der Waals surface area contributed by atoms with Gasteiger partial charge in [-0.15, -0.1) is 12.4 Å². The predicted octanol–water partition coefficient (Wildman–Crippen LogP) is 0.0632. The third-order valence-corrected chi connectivity index (χ3v) is 1.07. The molecule has 3 nitrogen and oxygen atoms in total. The van der Waals surface area contributed by atoms with Crippen LogP contribution < -0.4 is 5.32 Å². The van der Waals surface area contributed by atoms with Crippen LogP contribution in [0.5, 0.6) is 0 Å². The number of nitrogens with zero attached hydrogens (tertiary/aromatic N) is 1. The first kappa shape index (κ1) is 7.56. The van der Waals surface area contributed by atoms with Crippen molar-refractivity contribution in [1.29, 1.82) is 0 Å². The van der Waals surface area contributed by atoms with Gasteiger partial charge in [0.05, 0.1) is 0 Å². The van der Waals surface area contributed by atoms with E-state index in [1.54, 1.807) is 11.9 Å². The molecule has 1 aliphatic heterocycles. The number of hydrogen-bond donors (Lipinski definition) is 1. The smallest absolute Gasteiger partial charge is 0.317 e. The van der Waals surface area contributed by atoms with Gasteiger partial charge in [-0.2, -0.15) is 0 Å². The summed E-state index contributed by atoms with van der Waals surface area (Å²) >= 11 is 0. The Morgan fingerprint density at radius 1 is 1.75 bits per heavy atom. The molecule has 0 aromatic heterocycles. The predicted molar refractivity (Wildman–Crippen MR) is 33.3 cm³/mol. The standard InChI is InChI=1S/C4H8N2O.ClH/c1-6-3-2-5-4(6)7;/h2-3H2,1H3,(H,5,7);1H. The molecule has 8 heavy (non-hydrogen) atoms. The first-order valence-corrected chi connectivity index (χ1v) is 2.29. The molecular weight excluding hydrogens is 128 g/mol. The van der Waals surface area contributed by atoms with E-state index >= 15 is 0 Å². The average molecular weight is 137 g/mol. The fourth-order valence-corrected chi connectivity index (χ4v) is 0.567. The molecule has 2 amide bonds. The molecule has 1 saturated heterocycles. The zero-order chi connectivity index (χ0) is 5.28. The zero-order valence-electron chi connectivity index (χ0n) is 4.68. The van der Waals surface area contributed by atoms with Gasteiger partial charge in [-0.05, 0) is 0 Å². The number of carbonyl (C=O) groups excluding carboxylic acids is 1. The van der Waals surface area contributed by atoms with Crippen molar-refractivity contribution in [1.82, 2.24) is 10.2 Å². The van der Waals surface area contributed by atoms with Crippen molar-refractivity contribution in [3.63, 3.8) is 0 Å². The molecule has 1 rings (SSSR count). The minimum Gasteiger partial charge on any atom is -0.336 e. The lowest BCUT2D eigenvalue weighted by Crippen LogP contribution is -2.23. The first-order chi connectivity index (χ1) is 3.30. The van der Waals surface area contributed by atoms with Crippen LogP contribution in [0.2, 0.25) is 0 Å². The highest BCUT2D eigenvalue weighted by molar-refractivity contribution is 5.85. The van der Waals surface area contributed by atoms with Crippen molar-refractivity contribution in [3.8, 4) is 0 Å². The molecule has 0 aromatic carbocycles. The lowest BCUT2D eigenvalue weighted by atomic mass is 10.7. The van der Waals surface area contributed by atoms with Gasteiger partial charge in [-0.1, -0.05) is 0 Å². The van der Waals surface area contributed by atoms with Crippen molar-refractivity contribution in [3.05, 3.63) is 0 Å². The Bertz CT molecular complexity index is 96.0. The lowest BCUT2D eigenvalue weighted by molar-refractivity contribution is 0.226. The van der Waals surface area contributed by atoms with E-state index in [4.69, 9.17) is 0 Å². The molecule has 0 atom stereocenters. The Kier molecular flexibility index (Phi) is 2.62. The van der Waals surface area contributed by atoms with Crippen molar-refractivity contribution in [2.24, 2.45) is 0 Å². The molecule has 0 spiro atoms. The second kappa shape index (κ2) is 2.77. The van der Waals surface area contributed by atoms with Gasteiger partial charge >= 0.3 is 6.03 Å². The Morgan fingerprint density at radius 2 is 2.38 bits per heavy atom. The Balaban J connectivity index is 0.000000490. The maximum atomic E-state index is 10.4. The molecule has 0 unspecified atom stereocenters. The maximum Gasteiger partial charge on any atom is 0.317 e. The molecule has 48 valence electrons. The van der Waals surface area contributed by atoms with Gasteiger partial charge < -0.3 is 10.2 Å². The van der Waals surface area contributed by atoms with Crippen LogP contribution >= 0.6 is 12.4 Å². The van der Waals surface area contributed by atoms with Crippen molar-refractivity contribution in [2.45, 2.75) is 0 Å². The summed E-state index contributed by atoms with van der Waals surface area (Å²) in [4.78, 5) is 12.0. The molecule has 0 aliphatic carbocycles. The number of halogens is 1. The lowest BCUT2D eigenvalue weighted by Gasteiger charge is -2.01. The number of nitrogens with one attached hydrogen (secondary N) is 1. The highest BCUT2D eigenvalue weighted by Crippen LogP contribution is 1.88. The van der Waals surface area contributed by atoms with Crippen LogP contribution in [-0.4, -0.2) is 31.1 Å². The summed E-state index contributed by atoms with van der Waals surface area (Å²) in [5, 5.41) is 2.66. The summed E-state index contributed by atoms with van der Waals surface area (Å²) in [5.74, 6) is 0. The van der Waals surface area contributed by atoms with Crippen LogP contribution in [0.1, 0.15) is 0 Å². The van der Waals surface area contributed by atoms with E-state index in [0.717, 1.165) is 13.1 Å². The fraction of sp³-hybridized carbons (Fsp3) is 0.750. The zero-order valence-corrected chi connectivity index (χ0v) is 5.49. The van der Waals surface area contributed by atoms with Crippen molar-refractivity contribution >= 4 is 18.4 Å². The quantitative estimate of drug-likeness (QED) is 0.502. The van der Waals surface area contributed by atoms with Gasteiger partial charge in [0, 0.05) is 20.1 Å². The monoisotopic (exact) mass is 136 g/mol. The molecule has 1 N–H and O–H groups in total. The van der Waals surface area contributed by atoms with E-state index in [9.17, 15) is 4.79 Å². The minimum absolute atomic E-state index is 0. The van der Waals surface area contributed by atoms with Crippen molar-refractivity contribution < 1.29 is 4.79 Å².